The topological polar surface area (TPSA) is 37.3 Å². The highest BCUT2D eigenvalue weighted by Gasteiger charge is 2.02. The van der Waals surface area contributed by atoms with E-state index in [9.17, 15) is 4.79 Å². The third-order valence-electron chi connectivity index (χ3n) is 2.17. The van der Waals surface area contributed by atoms with Crippen LogP contribution < -0.4 is 0 Å². The fraction of sp³-hybridized carbons (Fsp3) is 0. The van der Waals surface area contributed by atoms with Crippen molar-refractivity contribution in [1.29, 1.82) is 0 Å². The van der Waals surface area contributed by atoms with Crippen molar-refractivity contribution in [3.8, 4) is 0 Å². The minimum atomic E-state index is -0.902. The molecule has 17 heavy (non-hydrogen) atoms. The van der Waals surface area contributed by atoms with Gasteiger partial charge in [-0.25, -0.2) is 4.79 Å². The SMILES string of the molecule is O=C(O)c1ccc(Sc2ccc(S)cc2)cc1. The molecule has 2 nitrogen and oxygen atoms in total. The lowest BCUT2D eigenvalue weighted by Gasteiger charge is -2.02. The molecular formula is C13H10O2S2. The number of carboxylic acid groups (broad SMARTS) is 1. The summed E-state index contributed by atoms with van der Waals surface area (Å²) in [5.41, 5.74) is 0.306. The smallest absolute Gasteiger partial charge is 0.335 e. The van der Waals surface area contributed by atoms with Crippen LogP contribution in [-0.2, 0) is 0 Å². The lowest BCUT2D eigenvalue weighted by Crippen LogP contribution is -1.94. The molecule has 0 aliphatic carbocycles. The van der Waals surface area contributed by atoms with Crippen molar-refractivity contribution in [3.63, 3.8) is 0 Å². The molecule has 2 rings (SSSR count). The minimum absolute atomic E-state index is 0.306. The summed E-state index contributed by atoms with van der Waals surface area (Å²) < 4.78 is 0. The van der Waals surface area contributed by atoms with Crippen molar-refractivity contribution in [3.05, 3.63) is 54.1 Å². The van der Waals surface area contributed by atoms with Gasteiger partial charge < -0.3 is 5.11 Å². The summed E-state index contributed by atoms with van der Waals surface area (Å²) in [6, 6.07) is 14.7. The molecule has 0 saturated carbocycles. The van der Waals surface area contributed by atoms with Crippen molar-refractivity contribution < 1.29 is 9.90 Å². The van der Waals surface area contributed by atoms with Gasteiger partial charge in [0.15, 0.2) is 0 Å². The van der Waals surface area contributed by atoms with Gasteiger partial charge in [0.25, 0.3) is 0 Å². The van der Waals surface area contributed by atoms with Gasteiger partial charge in [0, 0.05) is 14.7 Å². The molecular weight excluding hydrogens is 252 g/mol. The second kappa shape index (κ2) is 5.29. The predicted octanol–water partition coefficient (Wildman–Crippen LogP) is 3.82. The molecule has 86 valence electrons. The Hall–Kier alpha value is -1.39. The Morgan fingerprint density at radius 2 is 1.41 bits per heavy atom. The lowest BCUT2D eigenvalue weighted by atomic mass is 10.2. The number of hydrogen-bond donors (Lipinski definition) is 2. The molecule has 0 heterocycles. The van der Waals surface area contributed by atoms with Crippen molar-refractivity contribution in [2.24, 2.45) is 0 Å². The molecule has 0 radical (unpaired) electrons. The fourth-order valence-electron chi connectivity index (χ4n) is 1.32. The van der Waals surface area contributed by atoms with Gasteiger partial charge in [-0.15, -0.1) is 12.6 Å². The fourth-order valence-corrected chi connectivity index (χ4v) is 2.28. The normalized spacial score (nSPS) is 10.2. The molecule has 0 amide bonds. The standard InChI is InChI=1S/C13H10O2S2/c14-13(15)9-1-5-11(6-2-9)17-12-7-3-10(16)4-8-12/h1-8,16H,(H,14,15). The zero-order valence-electron chi connectivity index (χ0n) is 8.83. The number of rotatable bonds is 3. The van der Waals surface area contributed by atoms with Crippen LogP contribution in [0.2, 0.25) is 0 Å². The highest BCUT2D eigenvalue weighted by atomic mass is 32.2. The molecule has 0 unspecified atom stereocenters. The predicted molar refractivity (Wildman–Crippen MR) is 71.2 cm³/mol. The number of aromatic carboxylic acids is 1. The van der Waals surface area contributed by atoms with Gasteiger partial charge in [0.05, 0.1) is 5.56 Å². The van der Waals surface area contributed by atoms with E-state index in [1.165, 1.54) is 0 Å². The first-order chi connectivity index (χ1) is 8.15. The van der Waals surface area contributed by atoms with Crippen LogP contribution in [0.15, 0.2) is 63.2 Å². The lowest BCUT2D eigenvalue weighted by molar-refractivity contribution is 0.0697. The number of benzene rings is 2. The van der Waals surface area contributed by atoms with E-state index in [0.717, 1.165) is 14.7 Å². The van der Waals surface area contributed by atoms with E-state index in [-0.39, 0.29) is 0 Å². The molecule has 0 atom stereocenters. The van der Waals surface area contributed by atoms with Gasteiger partial charge >= 0.3 is 5.97 Å². The van der Waals surface area contributed by atoms with Gasteiger partial charge in [-0.1, -0.05) is 11.8 Å². The van der Waals surface area contributed by atoms with E-state index in [1.54, 1.807) is 23.9 Å². The summed E-state index contributed by atoms with van der Waals surface area (Å²) in [4.78, 5) is 13.7. The second-order valence-corrected chi connectivity index (χ2v) is 5.09. The van der Waals surface area contributed by atoms with E-state index in [2.05, 4.69) is 12.6 Å². The summed E-state index contributed by atoms with van der Waals surface area (Å²) in [5, 5.41) is 8.78. The van der Waals surface area contributed by atoms with Crippen molar-refractivity contribution in [1.82, 2.24) is 0 Å². The molecule has 0 aliphatic heterocycles. The molecule has 2 aromatic carbocycles. The number of thiol groups is 1. The molecule has 0 aliphatic rings. The Labute approximate surface area is 109 Å². The Balaban J connectivity index is 2.13. The van der Waals surface area contributed by atoms with Crippen molar-refractivity contribution >= 4 is 30.4 Å². The van der Waals surface area contributed by atoms with E-state index in [0.29, 0.717) is 5.56 Å². The maximum absolute atomic E-state index is 10.7. The molecule has 0 spiro atoms. The Morgan fingerprint density at radius 3 is 1.88 bits per heavy atom. The first kappa shape index (κ1) is 12.1. The quantitative estimate of drug-likeness (QED) is 0.826. The number of hydrogen-bond acceptors (Lipinski definition) is 3. The Kier molecular flexibility index (Phi) is 3.76. The van der Waals surface area contributed by atoms with E-state index < -0.39 is 5.97 Å². The summed E-state index contributed by atoms with van der Waals surface area (Å²) in [5.74, 6) is -0.902. The van der Waals surface area contributed by atoms with Gasteiger partial charge in [-0.05, 0) is 48.5 Å². The van der Waals surface area contributed by atoms with Crippen LogP contribution >= 0.6 is 24.4 Å². The van der Waals surface area contributed by atoms with Crippen molar-refractivity contribution in [2.45, 2.75) is 14.7 Å². The van der Waals surface area contributed by atoms with Gasteiger partial charge in [0.2, 0.25) is 0 Å². The molecule has 0 bridgehead atoms. The van der Waals surface area contributed by atoms with E-state index in [1.807, 2.05) is 36.4 Å². The number of carbonyl (C=O) groups is 1. The highest BCUT2D eigenvalue weighted by Crippen LogP contribution is 2.28. The monoisotopic (exact) mass is 262 g/mol. The molecule has 0 saturated heterocycles. The maximum atomic E-state index is 10.7. The molecule has 0 fully saturated rings. The first-order valence-corrected chi connectivity index (χ1v) is 6.22. The maximum Gasteiger partial charge on any atom is 0.335 e. The van der Waals surface area contributed by atoms with E-state index in [4.69, 9.17) is 5.11 Å². The van der Waals surface area contributed by atoms with Crippen LogP contribution in [0.4, 0.5) is 0 Å². The first-order valence-electron chi connectivity index (χ1n) is 4.95. The van der Waals surface area contributed by atoms with E-state index >= 15 is 0 Å². The van der Waals surface area contributed by atoms with Crippen LogP contribution in [0.5, 0.6) is 0 Å². The summed E-state index contributed by atoms with van der Waals surface area (Å²) in [6.07, 6.45) is 0. The third kappa shape index (κ3) is 3.28. The average Bonchev–Trinajstić information content (AvgIpc) is 2.33. The van der Waals surface area contributed by atoms with Crippen LogP contribution in [0, 0.1) is 0 Å². The summed E-state index contributed by atoms with van der Waals surface area (Å²) >= 11 is 5.81. The summed E-state index contributed by atoms with van der Waals surface area (Å²) in [6.45, 7) is 0. The Morgan fingerprint density at radius 1 is 0.941 bits per heavy atom. The molecule has 4 heteroatoms. The van der Waals surface area contributed by atoms with Crippen LogP contribution in [-0.4, -0.2) is 11.1 Å². The van der Waals surface area contributed by atoms with Crippen LogP contribution in [0.25, 0.3) is 0 Å². The molecule has 2 aromatic rings. The Bertz CT molecular complexity index is 518. The number of carboxylic acids is 1. The van der Waals surface area contributed by atoms with Crippen molar-refractivity contribution in [2.75, 3.05) is 0 Å². The van der Waals surface area contributed by atoms with Crippen LogP contribution in [0.1, 0.15) is 10.4 Å². The summed E-state index contributed by atoms with van der Waals surface area (Å²) in [7, 11) is 0. The highest BCUT2D eigenvalue weighted by molar-refractivity contribution is 7.99. The van der Waals surface area contributed by atoms with Gasteiger partial charge in [-0.2, -0.15) is 0 Å². The zero-order valence-corrected chi connectivity index (χ0v) is 10.5. The third-order valence-corrected chi connectivity index (χ3v) is 3.49. The largest absolute Gasteiger partial charge is 0.478 e. The second-order valence-electron chi connectivity index (χ2n) is 3.43. The average molecular weight is 262 g/mol. The minimum Gasteiger partial charge on any atom is -0.478 e. The zero-order chi connectivity index (χ0) is 12.3. The van der Waals surface area contributed by atoms with Gasteiger partial charge in [-0.3, -0.25) is 0 Å². The van der Waals surface area contributed by atoms with Crippen LogP contribution in [0.3, 0.4) is 0 Å². The molecule has 1 N–H and O–H groups in total. The molecule has 0 aromatic heterocycles. The van der Waals surface area contributed by atoms with Gasteiger partial charge in [0.1, 0.15) is 0 Å².